The minimum atomic E-state index is -0.899. The normalized spacial score (nSPS) is 10.7. The number of aryl methyl sites for hydroxylation is 2. The number of hydrogen-bond acceptors (Lipinski definition) is 5. The van der Waals surface area contributed by atoms with E-state index < -0.39 is 23.1 Å². The van der Waals surface area contributed by atoms with E-state index >= 15 is 0 Å². The van der Waals surface area contributed by atoms with E-state index in [9.17, 15) is 13.6 Å². The SMILES string of the molecule is Cc1cc(C)n(-c2cncc(NCCNC(=O)c3c(F)cccc3F)n2)n1. The largest absolute Gasteiger partial charge is 0.367 e. The van der Waals surface area contributed by atoms with Crippen molar-refractivity contribution in [1.82, 2.24) is 25.1 Å². The van der Waals surface area contributed by atoms with Crippen LogP contribution in [0.1, 0.15) is 21.7 Å². The van der Waals surface area contributed by atoms with E-state index in [1.807, 2.05) is 19.9 Å². The van der Waals surface area contributed by atoms with Crippen molar-refractivity contribution in [1.29, 1.82) is 0 Å². The highest BCUT2D eigenvalue weighted by molar-refractivity contribution is 5.94. The summed E-state index contributed by atoms with van der Waals surface area (Å²) in [6, 6.07) is 5.21. The summed E-state index contributed by atoms with van der Waals surface area (Å²) in [5.74, 6) is -1.56. The lowest BCUT2D eigenvalue weighted by molar-refractivity contribution is 0.0946. The van der Waals surface area contributed by atoms with Crippen LogP contribution in [-0.4, -0.2) is 38.7 Å². The maximum absolute atomic E-state index is 13.6. The highest BCUT2D eigenvalue weighted by Crippen LogP contribution is 2.12. The summed E-state index contributed by atoms with van der Waals surface area (Å²) in [5.41, 5.74) is 1.21. The zero-order chi connectivity index (χ0) is 19.4. The molecule has 1 aromatic carbocycles. The molecule has 9 heteroatoms. The quantitative estimate of drug-likeness (QED) is 0.649. The molecular weight excluding hydrogens is 354 g/mol. The van der Waals surface area contributed by atoms with E-state index in [0.717, 1.165) is 23.5 Å². The van der Waals surface area contributed by atoms with E-state index in [1.54, 1.807) is 10.9 Å². The minimum Gasteiger partial charge on any atom is -0.367 e. The number of benzene rings is 1. The van der Waals surface area contributed by atoms with E-state index in [1.165, 1.54) is 12.3 Å². The Labute approximate surface area is 154 Å². The number of anilines is 1. The average molecular weight is 372 g/mol. The van der Waals surface area contributed by atoms with Crippen molar-refractivity contribution in [2.24, 2.45) is 0 Å². The fourth-order valence-corrected chi connectivity index (χ4v) is 2.57. The van der Waals surface area contributed by atoms with Gasteiger partial charge in [-0.3, -0.25) is 9.78 Å². The summed E-state index contributed by atoms with van der Waals surface area (Å²) >= 11 is 0. The highest BCUT2D eigenvalue weighted by atomic mass is 19.1. The van der Waals surface area contributed by atoms with Gasteiger partial charge in [-0.2, -0.15) is 5.10 Å². The molecule has 3 aromatic rings. The molecule has 27 heavy (non-hydrogen) atoms. The highest BCUT2D eigenvalue weighted by Gasteiger charge is 2.16. The van der Waals surface area contributed by atoms with Gasteiger partial charge in [-0.25, -0.2) is 18.4 Å². The van der Waals surface area contributed by atoms with Crippen LogP contribution in [0.3, 0.4) is 0 Å². The fraction of sp³-hybridized carbons (Fsp3) is 0.222. The molecule has 1 amide bonds. The Bertz CT molecular complexity index is 952. The Kier molecular flexibility index (Phi) is 5.39. The summed E-state index contributed by atoms with van der Waals surface area (Å²) in [4.78, 5) is 20.5. The van der Waals surface area contributed by atoms with Crippen molar-refractivity contribution in [2.75, 3.05) is 18.4 Å². The molecule has 0 spiro atoms. The van der Waals surface area contributed by atoms with Gasteiger partial charge in [0.2, 0.25) is 0 Å². The van der Waals surface area contributed by atoms with Crippen molar-refractivity contribution in [3.8, 4) is 5.82 Å². The fourth-order valence-electron chi connectivity index (χ4n) is 2.57. The first kappa shape index (κ1) is 18.4. The molecule has 0 unspecified atom stereocenters. The lowest BCUT2D eigenvalue weighted by Gasteiger charge is -2.09. The van der Waals surface area contributed by atoms with Crippen molar-refractivity contribution in [3.05, 3.63) is 65.2 Å². The topological polar surface area (TPSA) is 84.7 Å². The molecule has 0 bridgehead atoms. The second-order valence-electron chi connectivity index (χ2n) is 5.88. The van der Waals surface area contributed by atoms with Crippen LogP contribution in [0.15, 0.2) is 36.7 Å². The number of nitrogens with one attached hydrogen (secondary N) is 2. The number of aromatic nitrogens is 4. The number of halogens is 2. The van der Waals surface area contributed by atoms with Gasteiger partial charge in [0.1, 0.15) is 23.0 Å². The number of amides is 1. The molecule has 7 nitrogen and oxygen atoms in total. The van der Waals surface area contributed by atoms with Crippen LogP contribution in [0.2, 0.25) is 0 Å². The second kappa shape index (κ2) is 7.90. The predicted molar refractivity (Wildman–Crippen MR) is 95.8 cm³/mol. The summed E-state index contributed by atoms with van der Waals surface area (Å²) in [6.07, 6.45) is 3.13. The first-order valence-electron chi connectivity index (χ1n) is 8.27. The van der Waals surface area contributed by atoms with Crippen molar-refractivity contribution in [2.45, 2.75) is 13.8 Å². The van der Waals surface area contributed by atoms with Gasteiger partial charge in [0.15, 0.2) is 5.82 Å². The van der Waals surface area contributed by atoms with Gasteiger partial charge in [-0.15, -0.1) is 0 Å². The number of carbonyl (C=O) groups is 1. The van der Waals surface area contributed by atoms with Gasteiger partial charge in [-0.1, -0.05) is 6.07 Å². The molecule has 0 atom stereocenters. The van der Waals surface area contributed by atoms with Crippen LogP contribution >= 0.6 is 0 Å². The van der Waals surface area contributed by atoms with Crippen LogP contribution < -0.4 is 10.6 Å². The molecular formula is C18H18F2N6O. The lowest BCUT2D eigenvalue weighted by Crippen LogP contribution is -2.30. The van der Waals surface area contributed by atoms with E-state index in [4.69, 9.17) is 0 Å². The molecule has 0 saturated heterocycles. The standard InChI is InChI=1S/C18H18F2N6O/c1-11-8-12(2)26(25-11)16-10-21-9-15(24-16)22-6-7-23-18(27)17-13(19)4-3-5-14(17)20/h3-5,8-10H,6-7H2,1-2H3,(H,22,24)(H,23,27). The van der Waals surface area contributed by atoms with Crippen LogP contribution in [0.25, 0.3) is 5.82 Å². The zero-order valence-corrected chi connectivity index (χ0v) is 14.8. The minimum absolute atomic E-state index is 0.151. The molecule has 0 saturated carbocycles. The van der Waals surface area contributed by atoms with E-state index in [0.29, 0.717) is 18.2 Å². The predicted octanol–water partition coefficient (Wildman–Crippen LogP) is 2.40. The molecule has 2 N–H and O–H groups in total. The summed E-state index contributed by atoms with van der Waals surface area (Å²) in [7, 11) is 0. The van der Waals surface area contributed by atoms with Crippen molar-refractivity contribution < 1.29 is 13.6 Å². The van der Waals surface area contributed by atoms with Gasteiger partial charge in [-0.05, 0) is 32.0 Å². The third kappa shape index (κ3) is 4.25. The Morgan fingerprint density at radius 1 is 1.15 bits per heavy atom. The molecule has 0 aliphatic carbocycles. The monoisotopic (exact) mass is 372 g/mol. The molecule has 0 aliphatic heterocycles. The van der Waals surface area contributed by atoms with Gasteiger partial charge in [0.25, 0.3) is 5.91 Å². The molecule has 2 heterocycles. The number of hydrogen-bond donors (Lipinski definition) is 2. The molecule has 0 radical (unpaired) electrons. The van der Waals surface area contributed by atoms with Crippen LogP contribution in [-0.2, 0) is 0 Å². The van der Waals surface area contributed by atoms with Gasteiger partial charge < -0.3 is 10.6 Å². The maximum Gasteiger partial charge on any atom is 0.257 e. The first-order valence-corrected chi connectivity index (χ1v) is 8.27. The van der Waals surface area contributed by atoms with Gasteiger partial charge in [0.05, 0.1) is 18.1 Å². The Morgan fingerprint density at radius 3 is 2.56 bits per heavy atom. The number of rotatable bonds is 6. The van der Waals surface area contributed by atoms with Crippen LogP contribution in [0.5, 0.6) is 0 Å². The lowest BCUT2D eigenvalue weighted by atomic mass is 10.2. The first-order chi connectivity index (χ1) is 13.0. The molecule has 140 valence electrons. The molecule has 0 fully saturated rings. The number of carbonyl (C=O) groups excluding carboxylic acids is 1. The van der Waals surface area contributed by atoms with Crippen LogP contribution in [0, 0.1) is 25.5 Å². The van der Waals surface area contributed by atoms with Crippen molar-refractivity contribution >= 4 is 11.7 Å². The third-order valence-electron chi connectivity index (χ3n) is 3.75. The third-order valence-corrected chi connectivity index (χ3v) is 3.75. The van der Waals surface area contributed by atoms with E-state index in [-0.39, 0.29) is 6.54 Å². The molecule has 3 rings (SSSR count). The Morgan fingerprint density at radius 2 is 1.89 bits per heavy atom. The smallest absolute Gasteiger partial charge is 0.257 e. The molecule has 0 aliphatic rings. The molecule has 2 aromatic heterocycles. The average Bonchev–Trinajstić information content (AvgIpc) is 2.97. The maximum atomic E-state index is 13.6. The van der Waals surface area contributed by atoms with Gasteiger partial charge in [0, 0.05) is 18.8 Å². The van der Waals surface area contributed by atoms with Crippen molar-refractivity contribution in [3.63, 3.8) is 0 Å². The van der Waals surface area contributed by atoms with E-state index in [2.05, 4.69) is 25.7 Å². The Balaban J connectivity index is 1.58. The summed E-state index contributed by atoms with van der Waals surface area (Å²) < 4.78 is 28.8. The zero-order valence-electron chi connectivity index (χ0n) is 14.8. The summed E-state index contributed by atoms with van der Waals surface area (Å²) in [5, 5.41) is 9.81. The second-order valence-corrected chi connectivity index (χ2v) is 5.88. The van der Waals surface area contributed by atoms with Crippen LogP contribution in [0.4, 0.5) is 14.6 Å². The number of nitrogens with zero attached hydrogens (tertiary/aromatic N) is 4. The van der Waals surface area contributed by atoms with Gasteiger partial charge >= 0.3 is 0 Å². The summed E-state index contributed by atoms with van der Waals surface area (Å²) in [6.45, 7) is 4.26. The Hall–Kier alpha value is -3.36.